The largest absolute Gasteiger partial charge is 0.477 e. The fourth-order valence-electron chi connectivity index (χ4n) is 6.13. The van der Waals surface area contributed by atoms with Crippen molar-refractivity contribution in [2.24, 2.45) is 11.8 Å². The molecule has 0 unspecified atom stereocenters. The van der Waals surface area contributed by atoms with Crippen LogP contribution in [-0.2, 0) is 6.54 Å². The van der Waals surface area contributed by atoms with E-state index in [4.69, 9.17) is 9.26 Å². The molecule has 35 heavy (non-hydrogen) atoms. The first-order valence-corrected chi connectivity index (χ1v) is 13.4. The molecule has 0 radical (unpaired) electrons. The number of hydrogen-bond acceptors (Lipinski definition) is 7. The third-order valence-corrected chi connectivity index (χ3v) is 8.16. The Labute approximate surface area is 207 Å². The zero-order valence-electron chi connectivity index (χ0n) is 20.6. The minimum atomic E-state index is 0.556. The molecule has 0 amide bonds. The van der Waals surface area contributed by atoms with Crippen molar-refractivity contribution in [1.29, 1.82) is 0 Å². The Morgan fingerprint density at radius 1 is 0.971 bits per heavy atom. The van der Waals surface area contributed by atoms with E-state index in [0.29, 0.717) is 12.0 Å². The molecule has 2 saturated heterocycles. The average molecular weight is 476 g/mol. The number of aromatic nitrogens is 2. The van der Waals surface area contributed by atoms with Crippen molar-refractivity contribution in [2.75, 3.05) is 44.2 Å². The minimum Gasteiger partial charge on any atom is -0.477 e. The predicted octanol–water partition coefficient (Wildman–Crippen LogP) is 4.48. The molecule has 0 bridgehead atoms. The Balaban J connectivity index is 0.952. The van der Waals surface area contributed by atoms with E-state index >= 15 is 0 Å². The number of ether oxygens (including phenoxy) is 1. The van der Waals surface area contributed by atoms with Crippen LogP contribution in [0.15, 0.2) is 47.1 Å². The van der Waals surface area contributed by atoms with Crippen molar-refractivity contribution in [3.63, 3.8) is 0 Å². The maximum absolute atomic E-state index is 6.10. The monoisotopic (exact) mass is 475 g/mol. The molecule has 2 aromatic heterocycles. The van der Waals surface area contributed by atoms with Gasteiger partial charge in [0.2, 0.25) is 5.88 Å². The minimum absolute atomic E-state index is 0.556. The van der Waals surface area contributed by atoms with E-state index < -0.39 is 0 Å². The first-order chi connectivity index (χ1) is 17.3. The Hall–Kier alpha value is -2.64. The smallest absolute Gasteiger partial charge is 0.213 e. The number of piperidine rings is 1. The number of para-hydroxylation sites is 1. The second kappa shape index (κ2) is 10.5. The molecule has 4 heterocycles. The summed E-state index contributed by atoms with van der Waals surface area (Å²) in [6, 6.07) is 12.9. The standard InChI is InChI=1S/C28H37N5O2/c1-2-6-21(5-1)15-29-16-22-10-12-27(30-17-22)34-20-23-9-11-24-19-33(14-13-32(24)18-23)28-25-7-3-4-8-26(25)35-31-28/h3-4,7-8,10,12,17,21,23-24,29H,1-2,5-6,9,11,13-16,18-20H2/t23-,24-/m0/s1. The Morgan fingerprint density at radius 3 is 2.77 bits per heavy atom. The Morgan fingerprint density at radius 2 is 1.89 bits per heavy atom. The normalized spacial score (nSPS) is 23.6. The van der Waals surface area contributed by atoms with E-state index in [1.165, 1.54) is 44.1 Å². The molecule has 7 heteroatoms. The molecule has 3 fully saturated rings. The number of nitrogens with one attached hydrogen (secondary N) is 1. The van der Waals surface area contributed by atoms with Gasteiger partial charge >= 0.3 is 0 Å². The molecular weight excluding hydrogens is 438 g/mol. The van der Waals surface area contributed by atoms with Gasteiger partial charge in [-0.05, 0) is 55.8 Å². The summed E-state index contributed by atoms with van der Waals surface area (Å²) in [5, 5.41) is 9.09. The second-order valence-corrected chi connectivity index (χ2v) is 10.6. The molecule has 3 aliphatic rings. The van der Waals surface area contributed by atoms with E-state index in [0.717, 1.165) is 74.5 Å². The van der Waals surface area contributed by atoms with Gasteiger partial charge in [-0.25, -0.2) is 4.98 Å². The highest BCUT2D eigenvalue weighted by Crippen LogP contribution is 2.31. The predicted molar refractivity (Wildman–Crippen MR) is 138 cm³/mol. The molecule has 6 rings (SSSR count). The SMILES string of the molecule is c1ccc2c(N3CCN4C[C@@H](COc5ccc(CNCC6CCCC6)cn5)CC[C@H]4C3)noc2c1. The van der Waals surface area contributed by atoms with E-state index in [2.05, 4.69) is 43.5 Å². The van der Waals surface area contributed by atoms with Crippen LogP contribution in [0, 0.1) is 11.8 Å². The molecule has 1 aromatic carbocycles. The molecule has 7 nitrogen and oxygen atoms in total. The third-order valence-electron chi connectivity index (χ3n) is 8.16. The van der Waals surface area contributed by atoms with Crippen LogP contribution in [0.25, 0.3) is 11.0 Å². The van der Waals surface area contributed by atoms with Gasteiger partial charge in [-0.15, -0.1) is 0 Å². The van der Waals surface area contributed by atoms with Crippen molar-refractivity contribution in [2.45, 2.75) is 51.1 Å². The van der Waals surface area contributed by atoms with E-state index in [9.17, 15) is 0 Å². The molecule has 1 aliphatic carbocycles. The third kappa shape index (κ3) is 5.31. The number of hydrogen-bond donors (Lipinski definition) is 1. The van der Waals surface area contributed by atoms with Crippen molar-refractivity contribution in [3.05, 3.63) is 48.2 Å². The van der Waals surface area contributed by atoms with Crippen LogP contribution < -0.4 is 15.0 Å². The Bertz CT molecular complexity index is 1090. The first-order valence-electron chi connectivity index (χ1n) is 13.4. The fraction of sp³-hybridized carbons (Fsp3) is 0.571. The summed E-state index contributed by atoms with van der Waals surface area (Å²) in [4.78, 5) is 9.60. The van der Waals surface area contributed by atoms with E-state index in [1.54, 1.807) is 0 Å². The van der Waals surface area contributed by atoms with Gasteiger partial charge in [-0.1, -0.05) is 36.2 Å². The summed E-state index contributed by atoms with van der Waals surface area (Å²) >= 11 is 0. The number of benzene rings is 1. The summed E-state index contributed by atoms with van der Waals surface area (Å²) in [7, 11) is 0. The quantitative estimate of drug-likeness (QED) is 0.515. The van der Waals surface area contributed by atoms with Gasteiger partial charge in [0.25, 0.3) is 0 Å². The molecule has 2 aliphatic heterocycles. The van der Waals surface area contributed by atoms with E-state index in [-0.39, 0.29) is 0 Å². The topological polar surface area (TPSA) is 66.7 Å². The summed E-state index contributed by atoms with van der Waals surface area (Å²) in [6.45, 7) is 6.92. The number of anilines is 1. The van der Waals surface area contributed by atoms with Crippen LogP contribution in [0.3, 0.4) is 0 Å². The number of fused-ring (bicyclic) bond motifs is 2. The van der Waals surface area contributed by atoms with Crippen molar-refractivity contribution < 1.29 is 9.26 Å². The molecule has 3 aromatic rings. The van der Waals surface area contributed by atoms with Crippen LogP contribution in [0.1, 0.15) is 44.1 Å². The maximum Gasteiger partial charge on any atom is 0.213 e. The summed E-state index contributed by atoms with van der Waals surface area (Å²) in [6.07, 6.45) is 9.91. The molecule has 1 N–H and O–H groups in total. The number of piperazine rings is 1. The highest BCUT2D eigenvalue weighted by molar-refractivity contribution is 5.88. The highest BCUT2D eigenvalue weighted by Gasteiger charge is 2.34. The second-order valence-electron chi connectivity index (χ2n) is 10.6. The van der Waals surface area contributed by atoms with Gasteiger partial charge in [0.05, 0.1) is 12.0 Å². The Kier molecular flexibility index (Phi) is 6.87. The molecule has 1 saturated carbocycles. The van der Waals surface area contributed by atoms with Gasteiger partial charge in [0.1, 0.15) is 0 Å². The lowest BCUT2D eigenvalue weighted by molar-refractivity contribution is 0.0717. The van der Waals surface area contributed by atoms with Crippen molar-refractivity contribution in [1.82, 2.24) is 20.4 Å². The van der Waals surface area contributed by atoms with E-state index in [1.807, 2.05) is 24.4 Å². The fourth-order valence-corrected chi connectivity index (χ4v) is 6.13. The van der Waals surface area contributed by atoms with Gasteiger partial charge in [0, 0.05) is 56.9 Å². The van der Waals surface area contributed by atoms with Crippen LogP contribution in [0.5, 0.6) is 5.88 Å². The van der Waals surface area contributed by atoms with Gasteiger partial charge in [0.15, 0.2) is 11.4 Å². The summed E-state index contributed by atoms with van der Waals surface area (Å²) < 4.78 is 11.6. The highest BCUT2D eigenvalue weighted by atomic mass is 16.5. The lowest BCUT2D eigenvalue weighted by Crippen LogP contribution is -2.57. The lowest BCUT2D eigenvalue weighted by atomic mass is 9.91. The zero-order valence-corrected chi connectivity index (χ0v) is 20.6. The van der Waals surface area contributed by atoms with Gasteiger partial charge < -0.3 is 19.5 Å². The summed E-state index contributed by atoms with van der Waals surface area (Å²) in [5.41, 5.74) is 2.10. The molecule has 186 valence electrons. The van der Waals surface area contributed by atoms with Gasteiger partial charge in [-0.3, -0.25) is 4.90 Å². The lowest BCUT2D eigenvalue weighted by Gasteiger charge is -2.46. The average Bonchev–Trinajstić information content (AvgIpc) is 3.58. The zero-order chi connectivity index (χ0) is 23.5. The van der Waals surface area contributed by atoms with Crippen LogP contribution in [0.4, 0.5) is 5.82 Å². The van der Waals surface area contributed by atoms with Crippen molar-refractivity contribution in [3.8, 4) is 5.88 Å². The van der Waals surface area contributed by atoms with Gasteiger partial charge in [-0.2, -0.15) is 0 Å². The van der Waals surface area contributed by atoms with Crippen LogP contribution >= 0.6 is 0 Å². The van der Waals surface area contributed by atoms with Crippen LogP contribution in [-0.4, -0.2) is 60.4 Å². The maximum atomic E-state index is 6.10. The summed E-state index contributed by atoms with van der Waals surface area (Å²) in [5.74, 6) is 3.16. The van der Waals surface area contributed by atoms with Crippen molar-refractivity contribution >= 4 is 16.8 Å². The number of pyridine rings is 1. The number of nitrogens with zero attached hydrogens (tertiary/aromatic N) is 4. The molecule has 2 atom stereocenters. The molecular formula is C28H37N5O2. The first kappa shape index (κ1) is 22.8. The number of rotatable bonds is 8. The molecule has 0 spiro atoms. The van der Waals surface area contributed by atoms with Crippen LogP contribution in [0.2, 0.25) is 0 Å².